The van der Waals surface area contributed by atoms with Crippen LogP contribution in [0.15, 0.2) is 17.5 Å². The number of nitrogens with zero attached hydrogens (tertiary/aromatic N) is 3. The largest absolute Gasteiger partial charge is 0.473 e. The molecular formula is C10H14N4O3. The van der Waals surface area contributed by atoms with Gasteiger partial charge in [-0.3, -0.25) is 0 Å². The molecule has 0 aromatic carbocycles. The molecular weight excluding hydrogens is 224 g/mol. The fraction of sp³-hybridized carbons (Fsp3) is 0.500. The van der Waals surface area contributed by atoms with Crippen LogP contribution in [-0.2, 0) is 4.74 Å². The summed E-state index contributed by atoms with van der Waals surface area (Å²) in [7, 11) is 0. The third-order valence-corrected chi connectivity index (χ3v) is 2.45. The molecule has 1 aromatic rings. The van der Waals surface area contributed by atoms with Gasteiger partial charge in [0.25, 0.3) is 0 Å². The Balaban J connectivity index is 1.97. The molecule has 17 heavy (non-hydrogen) atoms. The van der Waals surface area contributed by atoms with Crippen molar-refractivity contribution in [2.75, 3.05) is 13.2 Å². The van der Waals surface area contributed by atoms with Gasteiger partial charge in [-0.2, -0.15) is 0 Å². The standard InChI is InChI=1S/C10H14N4O3/c11-10(14-15)8-5-13-9(6-12-8)17-7-1-3-16-4-2-7/h5-7,15H,1-4H2,(H2,11,14). The molecule has 0 saturated carbocycles. The van der Waals surface area contributed by atoms with Gasteiger partial charge in [-0.05, 0) is 0 Å². The average molecular weight is 238 g/mol. The summed E-state index contributed by atoms with van der Waals surface area (Å²) < 4.78 is 10.9. The molecule has 1 aromatic heterocycles. The van der Waals surface area contributed by atoms with E-state index in [-0.39, 0.29) is 11.9 Å². The predicted molar refractivity (Wildman–Crippen MR) is 59.0 cm³/mol. The average Bonchev–Trinajstić information content (AvgIpc) is 2.40. The van der Waals surface area contributed by atoms with E-state index >= 15 is 0 Å². The van der Waals surface area contributed by atoms with Crippen molar-refractivity contribution in [1.29, 1.82) is 0 Å². The first kappa shape index (κ1) is 11.6. The summed E-state index contributed by atoms with van der Waals surface area (Å²) in [5, 5.41) is 11.3. The summed E-state index contributed by atoms with van der Waals surface area (Å²) >= 11 is 0. The summed E-state index contributed by atoms with van der Waals surface area (Å²) in [6.07, 6.45) is 4.69. The van der Waals surface area contributed by atoms with Gasteiger partial charge in [0, 0.05) is 12.8 Å². The van der Waals surface area contributed by atoms with E-state index in [1.54, 1.807) is 0 Å². The van der Waals surface area contributed by atoms with Gasteiger partial charge in [0.15, 0.2) is 5.84 Å². The Bertz CT molecular complexity index is 387. The smallest absolute Gasteiger partial charge is 0.232 e. The van der Waals surface area contributed by atoms with Gasteiger partial charge < -0.3 is 20.4 Å². The van der Waals surface area contributed by atoms with Crippen LogP contribution in [0.4, 0.5) is 0 Å². The number of hydrogen-bond acceptors (Lipinski definition) is 6. The summed E-state index contributed by atoms with van der Waals surface area (Å²) in [5.41, 5.74) is 5.68. The zero-order valence-electron chi connectivity index (χ0n) is 9.24. The van der Waals surface area contributed by atoms with E-state index < -0.39 is 0 Å². The van der Waals surface area contributed by atoms with Crippen molar-refractivity contribution in [2.24, 2.45) is 10.9 Å². The summed E-state index contributed by atoms with van der Waals surface area (Å²) in [4.78, 5) is 8.02. The third kappa shape index (κ3) is 3.04. The first-order chi connectivity index (χ1) is 8.29. The predicted octanol–water partition coefficient (Wildman–Crippen LogP) is 0.129. The van der Waals surface area contributed by atoms with Crippen molar-refractivity contribution in [3.8, 4) is 5.88 Å². The van der Waals surface area contributed by atoms with Crippen LogP contribution in [0, 0.1) is 0 Å². The number of nitrogens with two attached hydrogens (primary N) is 1. The van der Waals surface area contributed by atoms with Crippen molar-refractivity contribution in [1.82, 2.24) is 9.97 Å². The van der Waals surface area contributed by atoms with Crippen molar-refractivity contribution >= 4 is 5.84 Å². The molecule has 7 nitrogen and oxygen atoms in total. The molecule has 0 unspecified atom stereocenters. The van der Waals surface area contributed by atoms with Crippen molar-refractivity contribution in [3.05, 3.63) is 18.1 Å². The molecule has 0 atom stereocenters. The molecule has 1 saturated heterocycles. The van der Waals surface area contributed by atoms with Crippen LogP contribution in [0.1, 0.15) is 18.5 Å². The molecule has 0 spiro atoms. The second-order valence-electron chi connectivity index (χ2n) is 3.65. The number of oxime groups is 1. The van der Waals surface area contributed by atoms with Crippen molar-refractivity contribution in [3.63, 3.8) is 0 Å². The highest BCUT2D eigenvalue weighted by Crippen LogP contribution is 2.14. The molecule has 92 valence electrons. The molecule has 7 heteroatoms. The summed E-state index contributed by atoms with van der Waals surface area (Å²) in [6.45, 7) is 1.42. The lowest BCUT2D eigenvalue weighted by molar-refractivity contribution is 0.0235. The number of hydrogen-bond donors (Lipinski definition) is 2. The van der Waals surface area contributed by atoms with E-state index in [2.05, 4.69) is 15.1 Å². The van der Waals surface area contributed by atoms with E-state index in [9.17, 15) is 0 Å². The zero-order chi connectivity index (χ0) is 12.1. The molecule has 3 N–H and O–H groups in total. The Morgan fingerprint density at radius 1 is 1.41 bits per heavy atom. The van der Waals surface area contributed by atoms with E-state index in [1.165, 1.54) is 12.4 Å². The highest BCUT2D eigenvalue weighted by atomic mass is 16.5. The first-order valence-electron chi connectivity index (χ1n) is 5.34. The molecule has 1 fully saturated rings. The van der Waals surface area contributed by atoms with Crippen molar-refractivity contribution < 1.29 is 14.7 Å². The summed E-state index contributed by atoms with van der Waals surface area (Å²) in [6, 6.07) is 0. The van der Waals surface area contributed by atoms with Gasteiger partial charge in [-0.15, -0.1) is 0 Å². The molecule has 2 heterocycles. The number of amidine groups is 1. The Morgan fingerprint density at radius 2 is 2.18 bits per heavy atom. The monoisotopic (exact) mass is 238 g/mol. The van der Waals surface area contributed by atoms with Crippen LogP contribution >= 0.6 is 0 Å². The van der Waals surface area contributed by atoms with Gasteiger partial charge in [0.2, 0.25) is 5.88 Å². The van der Waals surface area contributed by atoms with Gasteiger partial charge in [-0.25, -0.2) is 9.97 Å². The lowest BCUT2D eigenvalue weighted by atomic mass is 10.2. The Morgan fingerprint density at radius 3 is 2.76 bits per heavy atom. The Kier molecular flexibility index (Phi) is 3.71. The Labute approximate surface area is 98.3 Å². The van der Waals surface area contributed by atoms with Crippen LogP contribution in [-0.4, -0.2) is 40.3 Å². The normalized spacial score (nSPS) is 18.0. The molecule has 1 aliphatic rings. The lowest BCUT2D eigenvalue weighted by Crippen LogP contribution is -2.26. The minimum absolute atomic E-state index is 0.0740. The third-order valence-electron chi connectivity index (χ3n) is 2.45. The molecule has 0 radical (unpaired) electrons. The Hall–Kier alpha value is -1.89. The second kappa shape index (κ2) is 5.44. The first-order valence-corrected chi connectivity index (χ1v) is 5.34. The van der Waals surface area contributed by atoms with Crippen molar-refractivity contribution in [2.45, 2.75) is 18.9 Å². The van der Waals surface area contributed by atoms with Crippen LogP contribution in [0.2, 0.25) is 0 Å². The number of aromatic nitrogens is 2. The quantitative estimate of drug-likeness (QED) is 0.336. The maximum absolute atomic E-state index is 8.47. The molecule has 2 rings (SSSR count). The van der Waals surface area contributed by atoms with E-state index in [0.717, 1.165) is 12.8 Å². The fourth-order valence-corrected chi connectivity index (χ4v) is 1.53. The van der Waals surface area contributed by atoms with E-state index in [1.807, 2.05) is 0 Å². The van der Waals surface area contributed by atoms with Crippen LogP contribution in [0.5, 0.6) is 5.88 Å². The minimum Gasteiger partial charge on any atom is -0.473 e. The molecule has 0 bridgehead atoms. The fourth-order valence-electron chi connectivity index (χ4n) is 1.53. The van der Waals surface area contributed by atoms with Gasteiger partial charge in [0.05, 0.1) is 25.6 Å². The minimum atomic E-state index is -0.0740. The SMILES string of the molecule is NC(=NO)c1cnc(OC2CCOCC2)cn1. The topological polar surface area (TPSA) is 103 Å². The van der Waals surface area contributed by atoms with E-state index in [0.29, 0.717) is 24.8 Å². The number of rotatable bonds is 3. The highest BCUT2D eigenvalue weighted by molar-refractivity contribution is 5.94. The molecule has 0 aliphatic carbocycles. The second-order valence-corrected chi connectivity index (χ2v) is 3.65. The number of ether oxygens (including phenoxy) is 2. The zero-order valence-corrected chi connectivity index (χ0v) is 9.24. The maximum Gasteiger partial charge on any atom is 0.232 e. The summed E-state index contributed by atoms with van der Waals surface area (Å²) in [5.74, 6) is 0.363. The molecule has 0 amide bonds. The molecule has 1 aliphatic heterocycles. The van der Waals surface area contributed by atoms with Crippen LogP contribution in [0.3, 0.4) is 0 Å². The van der Waals surface area contributed by atoms with Gasteiger partial charge in [0.1, 0.15) is 11.8 Å². The van der Waals surface area contributed by atoms with Gasteiger partial charge >= 0.3 is 0 Å². The van der Waals surface area contributed by atoms with E-state index in [4.69, 9.17) is 20.4 Å². The van der Waals surface area contributed by atoms with Gasteiger partial charge in [-0.1, -0.05) is 5.16 Å². The highest BCUT2D eigenvalue weighted by Gasteiger charge is 2.16. The lowest BCUT2D eigenvalue weighted by Gasteiger charge is -2.22. The maximum atomic E-state index is 8.47. The van der Waals surface area contributed by atoms with Crippen LogP contribution < -0.4 is 10.5 Å². The van der Waals surface area contributed by atoms with Crippen LogP contribution in [0.25, 0.3) is 0 Å².